The molecule has 0 amide bonds. The minimum Gasteiger partial charge on any atom is -0.493 e. The maximum absolute atomic E-state index is 5.84. The van der Waals surface area contributed by atoms with Crippen molar-refractivity contribution in [3.05, 3.63) is 52.8 Å². The Morgan fingerprint density at radius 2 is 1.68 bits per heavy atom. The molecule has 2 aromatic heterocycles. The molecule has 0 spiro atoms. The number of halogens is 1. The van der Waals surface area contributed by atoms with Crippen molar-refractivity contribution in [3.63, 3.8) is 0 Å². The van der Waals surface area contributed by atoms with Gasteiger partial charge in [0.05, 0.1) is 20.0 Å². The molecule has 0 radical (unpaired) electrons. The first kappa shape index (κ1) is 21.4. The van der Waals surface area contributed by atoms with Crippen LogP contribution in [0.1, 0.15) is 12.8 Å². The largest absolute Gasteiger partial charge is 0.493 e. The molecule has 160 valence electrons. The lowest BCUT2D eigenvalue weighted by atomic mass is 10.2. The molecule has 0 fully saturated rings. The van der Waals surface area contributed by atoms with Crippen molar-refractivity contribution in [1.82, 2.24) is 25.0 Å². The SMILES string of the molecule is CCn1c(SCc2nnc(-c3ccc(OC)c(OC)c3)o2)nnc1-c1ccc(Br)cc1. The van der Waals surface area contributed by atoms with Crippen molar-refractivity contribution in [2.45, 2.75) is 24.4 Å². The summed E-state index contributed by atoms with van der Waals surface area (Å²) in [5, 5.41) is 17.8. The van der Waals surface area contributed by atoms with E-state index >= 15 is 0 Å². The smallest absolute Gasteiger partial charge is 0.247 e. The number of methoxy groups -OCH3 is 2. The Balaban J connectivity index is 1.50. The molecule has 2 heterocycles. The molecule has 0 saturated carbocycles. The van der Waals surface area contributed by atoms with E-state index in [1.54, 1.807) is 20.3 Å². The van der Waals surface area contributed by atoms with Crippen molar-refractivity contribution in [2.75, 3.05) is 14.2 Å². The van der Waals surface area contributed by atoms with Crippen molar-refractivity contribution in [3.8, 4) is 34.3 Å². The predicted molar refractivity (Wildman–Crippen MR) is 121 cm³/mol. The predicted octanol–water partition coefficient (Wildman–Crippen LogP) is 5.09. The van der Waals surface area contributed by atoms with E-state index in [1.807, 2.05) is 36.4 Å². The molecule has 2 aromatic carbocycles. The summed E-state index contributed by atoms with van der Waals surface area (Å²) in [6.45, 7) is 2.82. The van der Waals surface area contributed by atoms with Gasteiger partial charge in [-0.3, -0.25) is 0 Å². The van der Waals surface area contributed by atoms with Crippen LogP contribution in [-0.4, -0.2) is 39.2 Å². The minimum atomic E-state index is 0.420. The van der Waals surface area contributed by atoms with Crippen molar-refractivity contribution < 1.29 is 13.9 Å². The number of rotatable bonds is 8. The Hall–Kier alpha value is -2.85. The monoisotopic (exact) mass is 501 g/mol. The molecule has 0 N–H and O–H groups in total. The van der Waals surface area contributed by atoms with Crippen LogP contribution in [0.15, 0.2) is 56.5 Å². The number of benzene rings is 2. The van der Waals surface area contributed by atoms with Crippen LogP contribution in [0.3, 0.4) is 0 Å². The van der Waals surface area contributed by atoms with E-state index < -0.39 is 0 Å². The summed E-state index contributed by atoms with van der Waals surface area (Å²) in [4.78, 5) is 0. The number of hydrogen-bond acceptors (Lipinski definition) is 8. The Morgan fingerprint density at radius 1 is 0.935 bits per heavy atom. The van der Waals surface area contributed by atoms with Gasteiger partial charge in [0.1, 0.15) is 0 Å². The van der Waals surface area contributed by atoms with E-state index in [0.717, 1.165) is 33.1 Å². The Kier molecular flexibility index (Phi) is 6.57. The summed E-state index contributed by atoms with van der Waals surface area (Å²) in [7, 11) is 3.18. The van der Waals surface area contributed by atoms with Crippen LogP contribution in [0.4, 0.5) is 0 Å². The molecule has 0 bridgehead atoms. The lowest BCUT2D eigenvalue weighted by Gasteiger charge is -2.07. The van der Waals surface area contributed by atoms with E-state index in [-0.39, 0.29) is 0 Å². The minimum absolute atomic E-state index is 0.420. The summed E-state index contributed by atoms with van der Waals surface area (Å²) in [5.41, 5.74) is 1.77. The summed E-state index contributed by atoms with van der Waals surface area (Å²) in [5.74, 6) is 3.48. The summed E-state index contributed by atoms with van der Waals surface area (Å²) in [6.07, 6.45) is 0. The molecule has 0 saturated heterocycles. The Bertz CT molecular complexity index is 1180. The van der Waals surface area contributed by atoms with Crippen molar-refractivity contribution >= 4 is 27.7 Å². The topological polar surface area (TPSA) is 88.1 Å². The summed E-state index contributed by atoms with van der Waals surface area (Å²) >= 11 is 4.96. The fourth-order valence-electron chi connectivity index (χ4n) is 3.02. The molecule has 4 aromatic rings. The van der Waals surface area contributed by atoms with Crippen molar-refractivity contribution in [1.29, 1.82) is 0 Å². The summed E-state index contributed by atoms with van der Waals surface area (Å²) in [6, 6.07) is 13.5. The second-order valence-corrected chi connectivity index (χ2v) is 8.27. The Morgan fingerprint density at radius 3 is 2.39 bits per heavy atom. The third-order valence-electron chi connectivity index (χ3n) is 4.56. The highest BCUT2D eigenvalue weighted by Gasteiger charge is 2.16. The fourth-order valence-corrected chi connectivity index (χ4v) is 4.12. The third-order valence-corrected chi connectivity index (χ3v) is 6.04. The molecule has 0 aliphatic carbocycles. The van der Waals surface area contributed by atoms with Crippen LogP contribution >= 0.6 is 27.7 Å². The zero-order chi connectivity index (χ0) is 21.8. The number of thioether (sulfide) groups is 1. The standard InChI is InChI=1S/C21H20BrN5O3S/c1-4-27-19(13-5-8-15(22)9-6-13)24-26-21(27)31-12-18-23-25-20(30-18)14-7-10-16(28-2)17(11-14)29-3/h5-11H,4,12H2,1-3H3. The molecule has 0 atom stereocenters. The van der Waals surface area contributed by atoms with Crippen LogP contribution in [0.2, 0.25) is 0 Å². The van der Waals surface area contributed by atoms with Gasteiger partial charge in [-0.2, -0.15) is 0 Å². The zero-order valence-electron chi connectivity index (χ0n) is 17.2. The number of ether oxygens (including phenoxy) is 2. The first-order chi connectivity index (χ1) is 15.1. The number of nitrogens with zero attached hydrogens (tertiary/aromatic N) is 5. The van der Waals surface area contributed by atoms with Crippen LogP contribution < -0.4 is 9.47 Å². The van der Waals surface area contributed by atoms with Gasteiger partial charge < -0.3 is 18.5 Å². The van der Waals surface area contributed by atoms with Gasteiger partial charge in [0.2, 0.25) is 11.8 Å². The molecular weight excluding hydrogens is 482 g/mol. The van der Waals surface area contributed by atoms with E-state index in [1.165, 1.54) is 11.8 Å². The van der Waals surface area contributed by atoms with Crippen LogP contribution in [0, 0.1) is 0 Å². The number of hydrogen-bond donors (Lipinski definition) is 0. The van der Waals surface area contributed by atoms with Crippen LogP contribution in [0.25, 0.3) is 22.8 Å². The first-order valence-corrected chi connectivity index (χ1v) is 11.3. The number of aromatic nitrogens is 5. The lowest BCUT2D eigenvalue weighted by molar-refractivity contribution is 0.355. The summed E-state index contributed by atoms with van der Waals surface area (Å²) < 4.78 is 19.5. The van der Waals surface area contributed by atoms with Gasteiger partial charge in [-0.15, -0.1) is 20.4 Å². The van der Waals surface area contributed by atoms with E-state index in [2.05, 4.69) is 47.8 Å². The van der Waals surface area contributed by atoms with Gasteiger partial charge in [-0.25, -0.2) is 0 Å². The normalized spacial score (nSPS) is 11.0. The van der Waals surface area contributed by atoms with Crippen LogP contribution in [-0.2, 0) is 12.3 Å². The average Bonchev–Trinajstić information content (AvgIpc) is 3.44. The van der Waals surface area contributed by atoms with Gasteiger partial charge in [0.15, 0.2) is 22.5 Å². The highest BCUT2D eigenvalue weighted by atomic mass is 79.9. The van der Waals surface area contributed by atoms with Gasteiger partial charge >= 0.3 is 0 Å². The van der Waals surface area contributed by atoms with Gasteiger partial charge in [-0.05, 0) is 37.3 Å². The average molecular weight is 502 g/mol. The molecule has 0 aliphatic heterocycles. The molecular formula is C21H20BrN5O3S. The van der Waals surface area contributed by atoms with Gasteiger partial charge in [0, 0.05) is 22.1 Å². The first-order valence-electron chi connectivity index (χ1n) is 9.49. The quantitative estimate of drug-likeness (QED) is 0.308. The highest BCUT2D eigenvalue weighted by molar-refractivity contribution is 9.10. The van der Waals surface area contributed by atoms with Gasteiger partial charge in [0.25, 0.3) is 0 Å². The highest BCUT2D eigenvalue weighted by Crippen LogP contribution is 2.32. The van der Waals surface area contributed by atoms with Crippen molar-refractivity contribution in [2.24, 2.45) is 0 Å². The maximum Gasteiger partial charge on any atom is 0.247 e. The molecule has 8 nitrogen and oxygen atoms in total. The molecule has 10 heteroatoms. The lowest BCUT2D eigenvalue weighted by Crippen LogP contribution is -1.99. The van der Waals surface area contributed by atoms with Crippen LogP contribution in [0.5, 0.6) is 11.5 Å². The van der Waals surface area contributed by atoms with Gasteiger partial charge in [-0.1, -0.05) is 39.8 Å². The second-order valence-electron chi connectivity index (χ2n) is 6.42. The second kappa shape index (κ2) is 9.52. The zero-order valence-corrected chi connectivity index (χ0v) is 19.6. The van der Waals surface area contributed by atoms with E-state index in [9.17, 15) is 0 Å². The molecule has 31 heavy (non-hydrogen) atoms. The van der Waals surface area contributed by atoms with E-state index in [4.69, 9.17) is 13.9 Å². The maximum atomic E-state index is 5.84. The van der Waals surface area contributed by atoms with E-state index in [0.29, 0.717) is 29.0 Å². The Labute approximate surface area is 192 Å². The third kappa shape index (κ3) is 4.59. The fraction of sp³-hybridized carbons (Fsp3) is 0.238. The molecule has 4 rings (SSSR count). The molecule has 0 unspecified atom stereocenters. The molecule has 0 aliphatic rings.